The Bertz CT molecular complexity index is 918. The third-order valence-electron chi connectivity index (χ3n) is 6.12. The number of alkyl carbamates (subject to hydrolysis) is 1. The summed E-state index contributed by atoms with van der Waals surface area (Å²) in [6.45, 7) is 11.1. The van der Waals surface area contributed by atoms with Gasteiger partial charge in [-0.2, -0.15) is 5.26 Å². The van der Waals surface area contributed by atoms with Crippen molar-refractivity contribution in [3.8, 4) is 6.07 Å². The summed E-state index contributed by atoms with van der Waals surface area (Å²) < 4.78 is 16.4. The molecule has 1 aliphatic rings. The van der Waals surface area contributed by atoms with E-state index in [1.54, 1.807) is 51.1 Å². The summed E-state index contributed by atoms with van der Waals surface area (Å²) in [5, 5.41) is 12.3. The number of ether oxygens (including phenoxy) is 3. The molecule has 1 aromatic rings. The Morgan fingerprint density at radius 3 is 2.37 bits per heavy atom. The average molecular weight is 487 g/mol. The molecule has 0 bridgehead atoms. The minimum atomic E-state index is -2.29. The van der Waals surface area contributed by atoms with Crippen LogP contribution in [0, 0.1) is 29.1 Å². The van der Waals surface area contributed by atoms with Crippen molar-refractivity contribution >= 4 is 18.0 Å². The molecule has 1 N–H and O–H groups in total. The highest BCUT2D eigenvalue weighted by Gasteiger charge is 2.47. The molecule has 192 valence electrons. The number of nitriles is 1. The van der Waals surface area contributed by atoms with Crippen molar-refractivity contribution < 1.29 is 28.6 Å². The van der Waals surface area contributed by atoms with Crippen LogP contribution in [0.2, 0.25) is 0 Å². The lowest BCUT2D eigenvalue weighted by Crippen LogP contribution is -2.57. The number of nitrogens with one attached hydrogen (secondary N) is 1. The monoisotopic (exact) mass is 486 g/mol. The van der Waals surface area contributed by atoms with Crippen molar-refractivity contribution in [2.24, 2.45) is 17.8 Å². The van der Waals surface area contributed by atoms with Crippen molar-refractivity contribution in [1.29, 1.82) is 5.26 Å². The molecule has 1 aromatic carbocycles. The van der Waals surface area contributed by atoms with Crippen LogP contribution in [0.15, 0.2) is 30.3 Å². The zero-order valence-electron chi connectivity index (χ0n) is 21.6. The molecule has 0 radical (unpaired) electrons. The van der Waals surface area contributed by atoms with E-state index in [4.69, 9.17) is 14.2 Å². The molecule has 4 unspecified atom stereocenters. The van der Waals surface area contributed by atoms with Crippen LogP contribution in [0.3, 0.4) is 0 Å². The summed E-state index contributed by atoms with van der Waals surface area (Å²) in [6, 6.07) is 10.7. The molecule has 0 saturated heterocycles. The SMILES string of the molecule is CC1CCC(C(C)C)C(OC(=O)CC(C#N)(NC(=O)OCc2ccccc2)C(=O)OC(C)(C)C)C1. The van der Waals surface area contributed by atoms with Crippen LogP contribution in [-0.4, -0.2) is 35.3 Å². The maximum Gasteiger partial charge on any atom is 0.409 e. The molecule has 4 atom stereocenters. The Morgan fingerprint density at radius 2 is 1.80 bits per heavy atom. The van der Waals surface area contributed by atoms with E-state index in [0.717, 1.165) is 18.4 Å². The van der Waals surface area contributed by atoms with Crippen LogP contribution >= 0.6 is 0 Å². The molecule has 8 heteroatoms. The highest BCUT2D eigenvalue weighted by atomic mass is 16.6. The Balaban J connectivity index is 2.19. The summed E-state index contributed by atoms with van der Waals surface area (Å²) in [7, 11) is 0. The Labute approximate surface area is 208 Å². The summed E-state index contributed by atoms with van der Waals surface area (Å²) >= 11 is 0. The fraction of sp³-hybridized carbons (Fsp3) is 0.630. The van der Waals surface area contributed by atoms with Gasteiger partial charge in [0, 0.05) is 0 Å². The van der Waals surface area contributed by atoms with E-state index >= 15 is 0 Å². The highest BCUT2D eigenvalue weighted by Crippen LogP contribution is 2.35. The van der Waals surface area contributed by atoms with Gasteiger partial charge >= 0.3 is 18.0 Å². The van der Waals surface area contributed by atoms with E-state index in [1.165, 1.54) is 0 Å². The molecule has 0 aromatic heterocycles. The predicted molar refractivity (Wildman–Crippen MR) is 130 cm³/mol. The molecule has 1 amide bonds. The lowest BCUT2D eigenvalue weighted by molar-refractivity contribution is -0.168. The van der Waals surface area contributed by atoms with Crippen LogP contribution in [0.4, 0.5) is 4.79 Å². The molecular weight excluding hydrogens is 448 g/mol. The molecule has 8 nitrogen and oxygen atoms in total. The number of nitrogens with zero attached hydrogens (tertiary/aromatic N) is 1. The second kappa shape index (κ2) is 12.1. The van der Waals surface area contributed by atoms with E-state index in [0.29, 0.717) is 18.3 Å². The van der Waals surface area contributed by atoms with Gasteiger partial charge in [-0.05, 0) is 56.9 Å². The second-order valence-corrected chi connectivity index (χ2v) is 10.7. The van der Waals surface area contributed by atoms with Gasteiger partial charge in [-0.15, -0.1) is 0 Å². The van der Waals surface area contributed by atoms with Crippen molar-refractivity contribution in [3.05, 3.63) is 35.9 Å². The van der Waals surface area contributed by atoms with Gasteiger partial charge in [-0.1, -0.05) is 57.5 Å². The Hall–Kier alpha value is -3.08. The van der Waals surface area contributed by atoms with Crippen LogP contribution in [0.5, 0.6) is 0 Å². The lowest BCUT2D eigenvalue weighted by Gasteiger charge is -2.37. The minimum Gasteiger partial charge on any atom is -0.462 e. The van der Waals surface area contributed by atoms with Gasteiger partial charge in [0.05, 0.1) is 6.42 Å². The van der Waals surface area contributed by atoms with Crippen molar-refractivity contribution in [2.75, 3.05) is 0 Å². The van der Waals surface area contributed by atoms with Crippen LogP contribution in [-0.2, 0) is 30.4 Å². The summed E-state index contributed by atoms with van der Waals surface area (Å²) in [5.41, 5.74) is -2.50. The molecule has 0 spiro atoms. The smallest absolute Gasteiger partial charge is 0.409 e. The summed E-state index contributed by atoms with van der Waals surface area (Å²) in [6.07, 6.45) is 0.704. The van der Waals surface area contributed by atoms with Crippen LogP contribution < -0.4 is 5.32 Å². The molecule has 0 heterocycles. The molecule has 1 aliphatic carbocycles. The number of hydrogen-bond donors (Lipinski definition) is 1. The van der Waals surface area contributed by atoms with Crippen molar-refractivity contribution in [1.82, 2.24) is 5.32 Å². The first-order valence-corrected chi connectivity index (χ1v) is 12.2. The highest BCUT2D eigenvalue weighted by molar-refractivity contribution is 5.93. The Kier molecular flexibility index (Phi) is 9.70. The van der Waals surface area contributed by atoms with Crippen molar-refractivity contribution in [3.63, 3.8) is 0 Å². The van der Waals surface area contributed by atoms with Crippen molar-refractivity contribution in [2.45, 2.75) is 91.1 Å². The number of benzene rings is 1. The predicted octanol–water partition coefficient (Wildman–Crippen LogP) is 4.91. The zero-order chi connectivity index (χ0) is 26.2. The van der Waals surface area contributed by atoms with Gasteiger partial charge in [0.15, 0.2) is 0 Å². The van der Waals surface area contributed by atoms with Gasteiger partial charge in [-0.25, -0.2) is 9.59 Å². The van der Waals surface area contributed by atoms with E-state index in [-0.39, 0.29) is 18.6 Å². The number of esters is 2. The summed E-state index contributed by atoms with van der Waals surface area (Å²) in [5.74, 6) is -0.876. The van der Waals surface area contributed by atoms with Gasteiger partial charge in [0.2, 0.25) is 5.54 Å². The second-order valence-electron chi connectivity index (χ2n) is 10.7. The molecule has 1 saturated carbocycles. The topological polar surface area (TPSA) is 115 Å². The molecular formula is C27H38N2O6. The maximum absolute atomic E-state index is 13.1. The average Bonchev–Trinajstić information content (AvgIpc) is 2.76. The van der Waals surface area contributed by atoms with Gasteiger partial charge < -0.3 is 14.2 Å². The molecule has 35 heavy (non-hydrogen) atoms. The Morgan fingerprint density at radius 1 is 1.14 bits per heavy atom. The fourth-order valence-corrected chi connectivity index (χ4v) is 4.26. The minimum absolute atomic E-state index is 0.0665. The van der Waals surface area contributed by atoms with Gasteiger partial charge in [0.25, 0.3) is 0 Å². The third kappa shape index (κ3) is 8.57. The molecule has 0 aliphatic heterocycles. The number of carbonyl (C=O) groups is 3. The first-order chi connectivity index (χ1) is 16.3. The lowest BCUT2D eigenvalue weighted by atomic mass is 9.75. The number of hydrogen-bond acceptors (Lipinski definition) is 7. The third-order valence-corrected chi connectivity index (χ3v) is 6.12. The van der Waals surface area contributed by atoms with E-state index in [1.807, 2.05) is 6.07 Å². The van der Waals surface area contributed by atoms with E-state index in [2.05, 4.69) is 26.1 Å². The quantitative estimate of drug-likeness (QED) is 0.410. The number of amides is 1. The van der Waals surface area contributed by atoms with Crippen LogP contribution in [0.25, 0.3) is 0 Å². The van der Waals surface area contributed by atoms with Gasteiger partial charge in [-0.3, -0.25) is 10.1 Å². The molecule has 2 rings (SSSR count). The number of rotatable bonds is 8. The van der Waals surface area contributed by atoms with E-state index < -0.39 is 35.6 Å². The number of carbonyl (C=O) groups excluding carboxylic acids is 3. The molecule has 1 fully saturated rings. The zero-order valence-corrected chi connectivity index (χ0v) is 21.6. The largest absolute Gasteiger partial charge is 0.462 e. The van der Waals surface area contributed by atoms with E-state index in [9.17, 15) is 19.6 Å². The standard InChI is InChI=1S/C27H38N2O6/c1-18(2)21-13-12-19(3)14-22(21)34-23(30)15-27(17-28,24(31)35-26(4,5)6)29-25(32)33-16-20-10-8-7-9-11-20/h7-11,18-19,21-22H,12-16H2,1-6H3,(H,29,32). The summed E-state index contributed by atoms with van der Waals surface area (Å²) in [4.78, 5) is 38.6. The normalized spacial score (nSPS) is 21.8. The fourth-order valence-electron chi connectivity index (χ4n) is 4.26. The maximum atomic E-state index is 13.1. The van der Waals surface area contributed by atoms with Crippen LogP contribution in [0.1, 0.15) is 72.8 Å². The first-order valence-electron chi connectivity index (χ1n) is 12.2. The first kappa shape index (κ1) is 28.2. The van der Waals surface area contributed by atoms with Gasteiger partial charge in [0.1, 0.15) is 24.4 Å².